The number of carbonyl (C=O) groups is 1. The molecule has 0 aliphatic carbocycles. The Bertz CT molecular complexity index is 788. The minimum Gasteiger partial charge on any atom is -0.497 e. The van der Waals surface area contributed by atoms with E-state index < -0.39 is 0 Å². The molecule has 1 heterocycles. The predicted octanol–water partition coefficient (Wildman–Crippen LogP) is 4.67. The number of thiophene rings is 1. The molecule has 2 N–H and O–H groups in total. The Hall–Kier alpha value is -2.79. The molecular weight excluding hydrogens is 320 g/mol. The van der Waals surface area contributed by atoms with Crippen LogP contribution in [0.2, 0.25) is 0 Å². The van der Waals surface area contributed by atoms with E-state index in [1.54, 1.807) is 24.5 Å². The lowest BCUT2D eigenvalue weighted by atomic mass is 10.1. The molecule has 0 aliphatic heterocycles. The van der Waals surface area contributed by atoms with Crippen molar-refractivity contribution < 1.29 is 9.53 Å². The van der Waals surface area contributed by atoms with Crippen LogP contribution < -0.4 is 15.4 Å². The second kappa shape index (κ2) is 7.66. The van der Waals surface area contributed by atoms with Gasteiger partial charge in [0, 0.05) is 16.6 Å². The number of methoxy groups -OCH3 is 1. The maximum atomic E-state index is 12.4. The van der Waals surface area contributed by atoms with Crippen LogP contribution >= 0.6 is 11.3 Å². The maximum absolute atomic E-state index is 12.4. The third kappa shape index (κ3) is 3.94. The summed E-state index contributed by atoms with van der Waals surface area (Å²) in [5.74, 6) is 0.700. The van der Waals surface area contributed by atoms with E-state index in [1.807, 2.05) is 66.0 Å². The van der Waals surface area contributed by atoms with Crippen LogP contribution in [0.4, 0.5) is 10.5 Å². The first-order valence-corrected chi connectivity index (χ1v) is 8.44. The second-order valence-corrected chi connectivity index (χ2v) is 6.17. The van der Waals surface area contributed by atoms with Crippen LogP contribution in [0.5, 0.6) is 5.75 Å². The van der Waals surface area contributed by atoms with Gasteiger partial charge in [0.15, 0.2) is 0 Å². The monoisotopic (exact) mass is 338 g/mol. The van der Waals surface area contributed by atoms with Crippen LogP contribution in [0, 0.1) is 0 Å². The highest BCUT2D eigenvalue weighted by Crippen LogP contribution is 2.26. The van der Waals surface area contributed by atoms with Crippen molar-refractivity contribution in [3.8, 4) is 5.75 Å². The maximum Gasteiger partial charge on any atom is 0.320 e. The zero-order chi connectivity index (χ0) is 16.8. The number of urea groups is 1. The number of ether oxygens (including phenoxy) is 1. The fourth-order valence-electron chi connectivity index (χ4n) is 2.42. The van der Waals surface area contributed by atoms with Crippen molar-refractivity contribution in [1.82, 2.24) is 5.32 Å². The van der Waals surface area contributed by atoms with Gasteiger partial charge in [-0.2, -0.15) is 0 Å². The summed E-state index contributed by atoms with van der Waals surface area (Å²) in [6.07, 6.45) is 0. The normalized spacial score (nSPS) is 11.5. The molecule has 2 aromatic carbocycles. The molecule has 0 saturated heterocycles. The Morgan fingerprint density at radius 1 is 1.04 bits per heavy atom. The third-order valence-electron chi connectivity index (χ3n) is 3.56. The number of amides is 2. The van der Waals surface area contributed by atoms with Crippen LogP contribution in [0.3, 0.4) is 0 Å². The van der Waals surface area contributed by atoms with Gasteiger partial charge in [0.1, 0.15) is 5.75 Å². The van der Waals surface area contributed by atoms with Gasteiger partial charge in [0.2, 0.25) is 0 Å². The van der Waals surface area contributed by atoms with Crippen LogP contribution in [0.25, 0.3) is 0 Å². The average molecular weight is 338 g/mol. The van der Waals surface area contributed by atoms with E-state index in [9.17, 15) is 4.79 Å². The van der Waals surface area contributed by atoms with Crippen molar-refractivity contribution in [2.45, 2.75) is 6.04 Å². The Morgan fingerprint density at radius 2 is 1.88 bits per heavy atom. The fourth-order valence-corrected chi connectivity index (χ4v) is 3.22. The molecule has 4 nitrogen and oxygen atoms in total. The first-order chi connectivity index (χ1) is 11.8. The minimum absolute atomic E-state index is 0.184. The number of anilines is 1. The van der Waals surface area contributed by atoms with Crippen LogP contribution in [0.1, 0.15) is 16.5 Å². The van der Waals surface area contributed by atoms with Crippen LogP contribution in [-0.2, 0) is 0 Å². The number of hydrogen-bond acceptors (Lipinski definition) is 3. The zero-order valence-corrected chi connectivity index (χ0v) is 14.0. The van der Waals surface area contributed by atoms with Crippen molar-refractivity contribution in [3.63, 3.8) is 0 Å². The van der Waals surface area contributed by atoms with Crippen molar-refractivity contribution in [2.24, 2.45) is 0 Å². The van der Waals surface area contributed by atoms with Crippen molar-refractivity contribution in [1.29, 1.82) is 0 Å². The molecule has 24 heavy (non-hydrogen) atoms. The molecule has 122 valence electrons. The number of nitrogens with one attached hydrogen (secondary N) is 2. The van der Waals surface area contributed by atoms with E-state index >= 15 is 0 Å². The number of carbonyl (C=O) groups excluding carboxylic acids is 1. The lowest BCUT2D eigenvalue weighted by molar-refractivity contribution is 0.250. The molecule has 3 rings (SSSR count). The SMILES string of the molecule is COc1cccc(NC(=O)N[C@@H](c2ccccc2)c2cccs2)c1. The first-order valence-electron chi connectivity index (χ1n) is 7.56. The third-order valence-corrected chi connectivity index (χ3v) is 4.50. The van der Waals surface area contributed by atoms with Gasteiger partial charge in [-0.25, -0.2) is 4.79 Å². The van der Waals surface area contributed by atoms with Crippen LogP contribution in [0.15, 0.2) is 72.1 Å². The second-order valence-electron chi connectivity index (χ2n) is 5.19. The topological polar surface area (TPSA) is 50.4 Å². The largest absolute Gasteiger partial charge is 0.497 e. The molecule has 3 aromatic rings. The highest BCUT2D eigenvalue weighted by atomic mass is 32.1. The van der Waals surface area contributed by atoms with E-state index in [-0.39, 0.29) is 12.1 Å². The van der Waals surface area contributed by atoms with Gasteiger partial charge in [-0.1, -0.05) is 42.5 Å². The summed E-state index contributed by atoms with van der Waals surface area (Å²) in [5.41, 5.74) is 1.73. The molecule has 0 unspecified atom stereocenters. The molecule has 0 bridgehead atoms. The Kier molecular flexibility index (Phi) is 5.13. The van der Waals surface area contributed by atoms with Gasteiger partial charge >= 0.3 is 6.03 Å². The van der Waals surface area contributed by atoms with E-state index in [0.29, 0.717) is 11.4 Å². The Labute approximate surface area is 145 Å². The Balaban J connectivity index is 1.76. The first kappa shape index (κ1) is 16.1. The highest BCUT2D eigenvalue weighted by molar-refractivity contribution is 7.10. The number of benzene rings is 2. The quantitative estimate of drug-likeness (QED) is 0.710. The minimum atomic E-state index is -0.259. The summed E-state index contributed by atoms with van der Waals surface area (Å²) in [6, 6.07) is 20.8. The molecule has 0 saturated carbocycles. The molecule has 0 fully saturated rings. The fraction of sp³-hybridized carbons (Fsp3) is 0.105. The molecule has 1 aromatic heterocycles. The average Bonchev–Trinajstić information content (AvgIpc) is 3.15. The summed E-state index contributed by atoms with van der Waals surface area (Å²) in [4.78, 5) is 13.5. The van der Waals surface area contributed by atoms with Crippen LogP contribution in [-0.4, -0.2) is 13.1 Å². The lowest BCUT2D eigenvalue weighted by Crippen LogP contribution is -2.32. The predicted molar refractivity (Wildman–Crippen MR) is 97.8 cm³/mol. The smallest absolute Gasteiger partial charge is 0.320 e. The Morgan fingerprint density at radius 3 is 2.58 bits per heavy atom. The van der Waals surface area contributed by atoms with E-state index in [2.05, 4.69) is 10.6 Å². The summed E-state index contributed by atoms with van der Waals surface area (Å²) >= 11 is 1.62. The molecule has 5 heteroatoms. The lowest BCUT2D eigenvalue weighted by Gasteiger charge is -2.18. The molecule has 1 atom stereocenters. The van der Waals surface area contributed by atoms with Gasteiger partial charge in [-0.05, 0) is 29.1 Å². The van der Waals surface area contributed by atoms with Gasteiger partial charge < -0.3 is 15.4 Å². The molecule has 0 radical (unpaired) electrons. The van der Waals surface area contributed by atoms with Crippen molar-refractivity contribution in [2.75, 3.05) is 12.4 Å². The summed E-state index contributed by atoms with van der Waals surface area (Å²) in [5, 5.41) is 7.90. The molecule has 2 amide bonds. The van der Waals surface area contributed by atoms with Crippen molar-refractivity contribution >= 4 is 23.1 Å². The zero-order valence-electron chi connectivity index (χ0n) is 13.2. The number of rotatable bonds is 5. The molecular formula is C19H18N2O2S. The molecule has 0 spiro atoms. The summed E-state index contributed by atoms with van der Waals surface area (Å²) < 4.78 is 5.18. The van der Waals surface area contributed by atoms with E-state index in [1.165, 1.54) is 0 Å². The highest BCUT2D eigenvalue weighted by Gasteiger charge is 2.17. The van der Waals surface area contributed by atoms with Gasteiger partial charge in [0.25, 0.3) is 0 Å². The van der Waals surface area contributed by atoms with E-state index in [0.717, 1.165) is 10.4 Å². The molecule has 0 aliphatic rings. The van der Waals surface area contributed by atoms with Gasteiger partial charge in [-0.3, -0.25) is 0 Å². The van der Waals surface area contributed by atoms with Gasteiger partial charge in [-0.15, -0.1) is 11.3 Å². The summed E-state index contributed by atoms with van der Waals surface area (Å²) in [7, 11) is 1.60. The van der Waals surface area contributed by atoms with Gasteiger partial charge in [0.05, 0.1) is 13.2 Å². The van der Waals surface area contributed by atoms with Crippen molar-refractivity contribution in [3.05, 3.63) is 82.6 Å². The van der Waals surface area contributed by atoms with E-state index in [4.69, 9.17) is 4.74 Å². The summed E-state index contributed by atoms with van der Waals surface area (Å²) in [6.45, 7) is 0. The standard InChI is InChI=1S/C19H18N2O2S/c1-23-16-10-5-9-15(13-16)20-19(22)21-18(17-11-6-12-24-17)14-7-3-2-4-8-14/h2-13,18H,1H3,(H2,20,21,22)/t18-/m0/s1. The number of hydrogen-bond donors (Lipinski definition) is 2.